The second-order valence-corrected chi connectivity index (χ2v) is 3.17. The summed E-state index contributed by atoms with van der Waals surface area (Å²) in [5.41, 5.74) is 5.00. The van der Waals surface area contributed by atoms with E-state index in [4.69, 9.17) is 5.73 Å². The summed E-state index contributed by atoms with van der Waals surface area (Å²) >= 11 is 0. The third kappa shape index (κ3) is 2.54. The first-order valence-electron chi connectivity index (χ1n) is 4.10. The highest BCUT2D eigenvalue weighted by molar-refractivity contribution is 4.86. The average Bonchev–Trinajstić information content (AvgIpc) is 2.34. The summed E-state index contributed by atoms with van der Waals surface area (Å²) in [6.45, 7) is -0.514. The molecule has 0 aromatic rings. The van der Waals surface area contributed by atoms with Crippen LogP contribution in [0.3, 0.4) is 0 Å². The Kier molecular flexibility index (Phi) is 3.13. The van der Waals surface area contributed by atoms with E-state index >= 15 is 0 Å². The molecule has 1 aliphatic rings. The van der Waals surface area contributed by atoms with Crippen molar-refractivity contribution in [3.05, 3.63) is 0 Å². The summed E-state index contributed by atoms with van der Waals surface area (Å²) in [5.74, 6) is 0. The van der Waals surface area contributed by atoms with Gasteiger partial charge in [-0.1, -0.05) is 0 Å². The Balaban J connectivity index is 2.57. The van der Waals surface area contributed by atoms with Gasteiger partial charge in [0.05, 0.1) is 0 Å². The van der Waals surface area contributed by atoms with Crippen molar-refractivity contribution in [2.24, 2.45) is 5.73 Å². The van der Waals surface area contributed by atoms with Gasteiger partial charge in [-0.3, -0.25) is 4.90 Å². The molecule has 0 bridgehead atoms. The van der Waals surface area contributed by atoms with Crippen LogP contribution in [0.4, 0.5) is 17.6 Å². The SMILES string of the molecule is NCC(N1CCC(F)C1)C(F)(F)F. The fraction of sp³-hybridized carbons (Fsp3) is 1.00. The highest BCUT2D eigenvalue weighted by Crippen LogP contribution is 2.27. The Morgan fingerprint density at radius 1 is 1.46 bits per heavy atom. The molecule has 2 N–H and O–H groups in total. The van der Waals surface area contributed by atoms with Crippen molar-refractivity contribution in [2.75, 3.05) is 19.6 Å². The zero-order valence-corrected chi connectivity index (χ0v) is 7.02. The van der Waals surface area contributed by atoms with Gasteiger partial charge in [0.2, 0.25) is 0 Å². The fourth-order valence-corrected chi connectivity index (χ4v) is 1.52. The minimum Gasteiger partial charge on any atom is -0.329 e. The van der Waals surface area contributed by atoms with E-state index in [0.717, 1.165) is 4.90 Å². The van der Waals surface area contributed by atoms with Crippen LogP contribution in [-0.2, 0) is 0 Å². The third-order valence-electron chi connectivity index (χ3n) is 2.20. The number of rotatable bonds is 2. The number of hydrogen-bond donors (Lipinski definition) is 1. The molecule has 1 fully saturated rings. The molecule has 78 valence electrons. The van der Waals surface area contributed by atoms with E-state index in [2.05, 4.69) is 0 Å². The van der Waals surface area contributed by atoms with Crippen molar-refractivity contribution in [2.45, 2.75) is 24.8 Å². The smallest absolute Gasteiger partial charge is 0.329 e. The molecule has 2 unspecified atom stereocenters. The van der Waals surface area contributed by atoms with E-state index in [1.54, 1.807) is 0 Å². The van der Waals surface area contributed by atoms with Crippen LogP contribution in [0, 0.1) is 0 Å². The maximum Gasteiger partial charge on any atom is 0.405 e. The summed E-state index contributed by atoms with van der Waals surface area (Å²) in [6.07, 6.45) is -5.32. The lowest BCUT2D eigenvalue weighted by Gasteiger charge is -2.27. The van der Waals surface area contributed by atoms with Gasteiger partial charge >= 0.3 is 6.18 Å². The summed E-state index contributed by atoms with van der Waals surface area (Å²) in [6, 6.07) is -1.69. The van der Waals surface area contributed by atoms with Crippen LogP contribution < -0.4 is 5.73 Å². The quantitative estimate of drug-likeness (QED) is 0.671. The lowest BCUT2D eigenvalue weighted by atomic mass is 10.2. The van der Waals surface area contributed by atoms with Crippen LogP contribution in [-0.4, -0.2) is 42.9 Å². The zero-order chi connectivity index (χ0) is 10.1. The first kappa shape index (κ1) is 10.7. The molecule has 0 saturated carbocycles. The molecule has 0 aromatic carbocycles. The van der Waals surface area contributed by atoms with Gasteiger partial charge in [-0.2, -0.15) is 13.2 Å². The molecular weight excluding hydrogens is 188 g/mol. The Morgan fingerprint density at radius 3 is 2.38 bits per heavy atom. The Bertz CT molecular complexity index is 170. The number of halogens is 4. The summed E-state index contributed by atoms with van der Waals surface area (Å²) < 4.78 is 49.4. The highest BCUT2D eigenvalue weighted by Gasteiger charge is 2.44. The molecule has 1 aliphatic heterocycles. The number of hydrogen-bond acceptors (Lipinski definition) is 2. The second-order valence-electron chi connectivity index (χ2n) is 3.17. The van der Waals surface area contributed by atoms with Crippen LogP contribution in [0.25, 0.3) is 0 Å². The van der Waals surface area contributed by atoms with Gasteiger partial charge < -0.3 is 5.73 Å². The molecule has 6 heteroatoms. The molecule has 0 aromatic heterocycles. The molecule has 1 rings (SSSR count). The third-order valence-corrected chi connectivity index (χ3v) is 2.20. The Labute approximate surface area is 73.7 Å². The van der Waals surface area contributed by atoms with E-state index in [1.807, 2.05) is 0 Å². The van der Waals surface area contributed by atoms with Gasteiger partial charge in [-0.05, 0) is 6.42 Å². The van der Waals surface area contributed by atoms with Gasteiger partial charge in [0, 0.05) is 19.6 Å². The van der Waals surface area contributed by atoms with Crippen LogP contribution >= 0.6 is 0 Å². The molecule has 0 amide bonds. The molecule has 13 heavy (non-hydrogen) atoms. The topological polar surface area (TPSA) is 29.3 Å². The summed E-state index contributed by atoms with van der Waals surface area (Å²) in [5, 5.41) is 0. The van der Waals surface area contributed by atoms with Crippen molar-refractivity contribution >= 4 is 0 Å². The minimum absolute atomic E-state index is 0.141. The maximum atomic E-state index is 12.6. The Morgan fingerprint density at radius 2 is 2.08 bits per heavy atom. The minimum atomic E-state index is -4.35. The molecule has 0 spiro atoms. The predicted molar refractivity (Wildman–Crippen MR) is 40.0 cm³/mol. The van der Waals surface area contributed by atoms with E-state index < -0.39 is 24.9 Å². The van der Waals surface area contributed by atoms with Crippen LogP contribution in [0.15, 0.2) is 0 Å². The van der Waals surface area contributed by atoms with Crippen molar-refractivity contribution in [3.63, 3.8) is 0 Å². The summed E-state index contributed by atoms with van der Waals surface area (Å²) in [7, 11) is 0. The molecular formula is C7H12F4N2. The fourth-order valence-electron chi connectivity index (χ4n) is 1.52. The second kappa shape index (κ2) is 3.79. The van der Waals surface area contributed by atoms with Gasteiger partial charge in [0.15, 0.2) is 0 Å². The average molecular weight is 200 g/mol. The van der Waals surface area contributed by atoms with Gasteiger partial charge in [-0.15, -0.1) is 0 Å². The normalized spacial score (nSPS) is 27.9. The van der Waals surface area contributed by atoms with E-state index in [1.165, 1.54) is 0 Å². The monoisotopic (exact) mass is 200 g/mol. The van der Waals surface area contributed by atoms with Gasteiger partial charge in [-0.25, -0.2) is 4.39 Å². The maximum absolute atomic E-state index is 12.6. The van der Waals surface area contributed by atoms with E-state index in [0.29, 0.717) is 0 Å². The molecule has 2 nitrogen and oxygen atoms in total. The molecule has 1 heterocycles. The molecule has 2 atom stereocenters. The molecule has 0 radical (unpaired) electrons. The van der Waals surface area contributed by atoms with Crippen molar-refractivity contribution in [1.82, 2.24) is 4.90 Å². The van der Waals surface area contributed by atoms with Gasteiger partial charge in [0.25, 0.3) is 0 Å². The summed E-state index contributed by atoms with van der Waals surface area (Å²) in [4.78, 5) is 1.06. The number of nitrogens with zero attached hydrogens (tertiary/aromatic N) is 1. The highest BCUT2D eigenvalue weighted by atomic mass is 19.4. The van der Waals surface area contributed by atoms with Crippen LogP contribution in [0.1, 0.15) is 6.42 Å². The van der Waals surface area contributed by atoms with Crippen LogP contribution in [0.2, 0.25) is 0 Å². The van der Waals surface area contributed by atoms with E-state index in [9.17, 15) is 17.6 Å². The number of alkyl halides is 4. The number of nitrogens with two attached hydrogens (primary N) is 1. The lowest BCUT2D eigenvalue weighted by molar-refractivity contribution is -0.178. The van der Waals surface area contributed by atoms with Gasteiger partial charge in [0.1, 0.15) is 12.2 Å². The largest absolute Gasteiger partial charge is 0.405 e. The molecule has 1 saturated heterocycles. The van der Waals surface area contributed by atoms with E-state index in [-0.39, 0.29) is 19.5 Å². The standard InChI is InChI=1S/C7H12F4N2/c8-5-1-2-13(4-5)6(3-12)7(9,10)11/h5-6H,1-4,12H2. The van der Waals surface area contributed by atoms with Crippen molar-refractivity contribution < 1.29 is 17.6 Å². The Hall–Kier alpha value is -0.360. The number of likely N-dealkylation sites (tertiary alicyclic amines) is 1. The first-order valence-corrected chi connectivity index (χ1v) is 4.10. The zero-order valence-electron chi connectivity index (χ0n) is 7.02. The predicted octanol–water partition coefficient (Wildman–Crippen LogP) is 0.920. The van der Waals surface area contributed by atoms with Crippen molar-refractivity contribution in [3.8, 4) is 0 Å². The van der Waals surface area contributed by atoms with Crippen LogP contribution in [0.5, 0.6) is 0 Å². The van der Waals surface area contributed by atoms with Crippen molar-refractivity contribution in [1.29, 1.82) is 0 Å². The lowest BCUT2D eigenvalue weighted by Crippen LogP contribution is -2.49. The molecule has 0 aliphatic carbocycles. The first-order chi connectivity index (χ1) is 5.95.